The molecule has 1 aromatic carbocycles. The molecule has 1 aliphatic rings. The average Bonchev–Trinajstić information content (AvgIpc) is 2.42. The van der Waals surface area contributed by atoms with Crippen LogP contribution in [0.2, 0.25) is 0 Å². The van der Waals surface area contributed by atoms with E-state index in [1.807, 2.05) is 12.1 Å². The van der Waals surface area contributed by atoms with E-state index in [0.717, 1.165) is 24.8 Å². The number of aliphatic hydroxyl groups is 1. The largest absolute Gasteiger partial charge is 0.506 e. The van der Waals surface area contributed by atoms with Crippen molar-refractivity contribution in [3.8, 4) is 5.75 Å². The van der Waals surface area contributed by atoms with Crippen molar-refractivity contribution in [2.45, 2.75) is 44.7 Å². The molecular formula is C15H21Br2NO2. The Bertz CT molecular complexity index is 458. The van der Waals surface area contributed by atoms with Crippen molar-refractivity contribution in [3.05, 3.63) is 26.6 Å². The Kier molecular flexibility index (Phi) is 5.51. The van der Waals surface area contributed by atoms with Crippen LogP contribution in [0.1, 0.15) is 38.2 Å². The second-order valence-electron chi connectivity index (χ2n) is 5.90. The summed E-state index contributed by atoms with van der Waals surface area (Å²) in [6.45, 7) is 3.11. The Morgan fingerprint density at radius 2 is 2.00 bits per heavy atom. The number of aromatic hydroxyl groups is 1. The third-order valence-electron chi connectivity index (χ3n) is 4.14. The Morgan fingerprint density at radius 3 is 2.55 bits per heavy atom. The van der Waals surface area contributed by atoms with E-state index < -0.39 is 0 Å². The maximum absolute atomic E-state index is 9.77. The highest BCUT2D eigenvalue weighted by atomic mass is 79.9. The van der Waals surface area contributed by atoms with Gasteiger partial charge in [0.2, 0.25) is 0 Å². The van der Waals surface area contributed by atoms with Gasteiger partial charge in [-0.3, -0.25) is 0 Å². The summed E-state index contributed by atoms with van der Waals surface area (Å²) in [4.78, 5) is 0. The van der Waals surface area contributed by atoms with E-state index in [1.54, 1.807) is 0 Å². The smallest absolute Gasteiger partial charge is 0.143 e. The maximum Gasteiger partial charge on any atom is 0.143 e. The van der Waals surface area contributed by atoms with Crippen molar-refractivity contribution in [2.24, 2.45) is 5.92 Å². The predicted octanol–water partition coefficient (Wildman–Crippen LogP) is 3.95. The first-order valence-electron chi connectivity index (χ1n) is 6.98. The second-order valence-corrected chi connectivity index (χ2v) is 7.61. The van der Waals surface area contributed by atoms with Crippen LogP contribution in [0.3, 0.4) is 0 Å². The van der Waals surface area contributed by atoms with Crippen LogP contribution in [0.4, 0.5) is 0 Å². The molecule has 1 saturated carbocycles. The van der Waals surface area contributed by atoms with Gasteiger partial charge in [-0.2, -0.15) is 0 Å². The van der Waals surface area contributed by atoms with E-state index in [4.69, 9.17) is 0 Å². The molecule has 1 aromatic rings. The van der Waals surface area contributed by atoms with Gasteiger partial charge in [0.05, 0.1) is 15.6 Å². The van der Waals surface area contributed by atoms with Crippen molar-refractivity contribution in [1.82, 2.24) is 5.32 Å². The number of aliphatic hydroxyl groups excluding tert-OH is 1. The molecule has 2 unspecified atom stereocenters. The van der Waals surface area contributed by atoms with E-state index in [-0.39, 0.29) is 17.9 Å². The minimum Gasteiger partial charge on any atom is -0.506 e. The fourth-order valence-electron chi connectivity index (χ4n) is 3.03. The Balaban J connectivity index is 2.07. The van der Waals surface area contributed by atoms with Crippen LogP contribution in [-0.2, 0) is 6.54 Å². The summed E-state index contributed by atoms with van der Waals surface area (Å²) in [7, 11) is 0. The van der Waals surface area contributed by atoms with Gasteiger partial charge in [-0.1, -0.05) is 19.8 Å². The van der Waals surface area contributed by atoms with Crippen molar-refractivity contribution < 1.29 is 10.2 Å². The van der Waals surface area contributed by atoms with Gasteiger partial charge >= 0.3 is 0 Å². The van der Waals surface area contributed by atoms with Crippen molar-refractivity contribution in [1.29, 1.82) is 0 Å². The molecule has 112 valence electrons. The first kappa shape index (κ1) is 16.3. The molecule has 3 N–H and O–H groups in total. The van der Waals surface area contributed by atoms with Crippen LogP contribution in [0, 0.1) is 5.92 Å². The minimum atomic E-state index is -0.158. The number of nitrogens with one attached hydrogen (secondary N) is 1. The zero-order valence-electron chi connectivity index (χ0n) is 11.6. The van der Waals surface area contributed by atoms with Crippen LogP contribution in [0.25, 0.3) is 0 Å². The number of rotatable bonds is 4. The van der Waals surface area contributed by atoms with Gasteiger partial charge in [-0.15, -0.1) is 0 Å². The zero-order valence-corrected chi connectivity index (χ0v) is 14.8. The lowest BCUT2D eigenvalue weighted by atomic mass is 9.77. The van der Waals surface area contributed by atoms with Crippen molar-refractivity contribution in [2.75, 3.05) is 6.61 Å². The summed E-state index contributed by atoms with van der Waals surface area (Å²) < 4.78 is 1.36. The highest BCUT2D eigenvalue weighted by Gasteiger charge is 2.33. The molecule has 1 fully saturated rings. The molecule has 0 aromatic heterocycles. The summed E-state index contributed by atoms with van der Waals surface area (Å²) in [6, 6.07) is 3.81. The number of phenols is 1. The van der Waals surface area contributed by atoms with E-state index >= 15 is 0 Å². The molecular weight excluding hydrogens is 386 g/mol. The molecule has 5 heteroatoms. The van der Waals surface area contributed by atoms with Crippen molar-refractivity contribution >= 4 is 31.9 Å². The number of halogens is 2. The zero-order chi connectivity index (χ0) is 14.8. The topological polar surface area (TPSA) is 52.5 Å². The normalized spacial score (nSPS) is 26.7. The third-order valence-corrected chi connectivity index (χ3v) is 5.35. The SMILES string of the molecule is CC1CCCC(CO)(NCc2cc(Br)c(O)c(Br)c2)C1. The molecule has 2 atom stereocenters. The lowest BCUT2D eigenvalue weighted by Gasteiger charge is -2.39. The summed E-state index contributed by atoms with van der Waals surface area (Å²) in [5.41, 5.74) is 0.918. The number of hydrogen-bond acceptors (Lipinski definition) is 3. The van der Waals surface area contributed by atoms with E-state index in [9.17, 15) is 10.2 Å². The van der Waals surface area contributed by atoms with Gasteiger partial charge in [0.15, 0.2) is 0 Å². The first-order valence-corrected chi connectivity index (χ1v) is 8.57. The number of benzene rings is 1. The molecule has 20 heavy (non-hydrogen) atoms. The van der Waals surface area contributed by atoms with Gasteiger partial charge < -0.3 is 15.5 Å². The molecule has 1 aliphatic carbocycles. The van der Waals surface area contributed by atoms with E-state index in [0.29, 0.717) is 21.4 Å². The molecule has 3 nitrogen and oxygen atoms in total. The van der Waals surface area contributed by atoms with E-state index in [2.05, 4.69) is 44.1 Å². The molecule has 0 saturated heterocycles. The van der Waals surface area contributed by atoms with Crippen LogP contribution in [0.15, 0.2) is 21.1 Å². The standard InChI is InChI=1S/C15H21Br2NO2/c1-10-3-2-4-15(7-10,9-19)18-8-11-5-12(16)14(20)13(17)6-11/h5-6,10,18-20H,2-4,7-9H2,1H3. The summed E-state index contributed by atoms with van der Waals surface area (Å²) >= 11 is 6.69. The predicted molar refractivity (Wildman–Crippen MR) is 87.8 cm³/mol. The molecule has 0 amide bonds. The van der Waals surface area contributed by atoms with E-state index in [1.165, 1.54) is 6.42 Å². The lowest BCUT2D eigenvalue weighted by molar-refractivity contribution is 0.0982. The highest BCUT2D eigenvalue weighted by Crippen LogP contribution is 2.35. The van der Waals surface area contributed by atoms with Crippen LogP contribution < -0.4 is 5.32 Å². The summed E-state index contributed by atoms with van der Waals surface area (Å²) in [5, 5.41) is 23.0. The quantitative estimate of drug-likeness (QED) is 0.709. The Labute approximate surface area is 137 Å². The molecule has 0 spiro atoms. The van der Waals surface area contributed by atoms with Crippen LogP contribution in [0.5, 0.6) is 5.75 Å². The average molecular weight is 407 g/mol. The Hall–Kier alpha value is -0.100. The second kappa shape index (κ2) is 6.77. The summed E-state index contributed by atoms with van der Waals surface area (Å²) in [5.74, 6) is 0.874. The lowest BCUT2D eigenvalue weighted by Crippen LogP contribution is -2.51. The number of phenolic OH excluding ortho intramolecular Hbond substituents is 1. The van der Waals surface area contributed by atoms with Gasteiger partial charge in [-0.05, 0) is 68.3 Å². The Morgan fingerprint density at radius 1 is 1.35 bits per heavy atom. The minimum absolute atomic E-state index is 0.158. The molecule has 0 aliphatic heterocycles. The van der Waals surface area contributed by atoms with Crippen molar-refractivity contribution in [3.63, 3.8) is 0 Å². The van der Waals surface area contributed by atoms with Gasteiger partial charge in [-0.25, -0.2) is 0 Å². The maximum atomic E-state index is 9.77. The molecule has 0 radical (unpaired) electrons. The third kappa shape index (κ3) is 3.75. The van der Waals surface area contributed by atoms with Gasteiger partial charge in [0, 0.05) is 12.1 Å². The number of hydrogen-bond donors (Lipinski definition) is 3. The van der Waals surface area contributed by atoms with Crippen LogP contribution in [-0.4, -0.2) is 22.4 Å². The van der Waals surface area contributed by atoms with Gasteiger partial charge in [0.1, 0.15) is 5.75 Å². The van der Waals surface area contributed by atoms with Crippen LogP contribution >= 0.6 is 31.9 Å². The fourth-order valence-corrected chi connectivity index (χ4v) is 4.31. The first-order chi connectivity index (χ1) is 9.46. The molecule has 0 bridgehead atoms. The highest BCUT2D eigenvalue weighted by molar-refractivity contribution is 9.11. The summed E-state index contributed by atoms with van der Waals surface area (Å²) in [6.07, 6.45) is 4.45. The molecule has 2 rings (SSSR count). The monoisotopic (exact) mass is 405 g/mol. The molecule has 0 heterocycles. The van der Waals surface area contributed by atoms with Gasteiger partial charge in [0.25, 0.3) is 0 Å². The fraction of sp³-hybridized carbons (Fsp3) is 0.600.